The van der Waals surface area contributed by atoms with Crippen LogP contribution in [0.3, 0.4) is 0 Å². The van der Waals surface area contributed by atoms with Gasteiger partial charge in [-0.3, -0.25) is 9.11 Å². The largest absolute Gasteiger partial charge is 0.438 e. The molecule has 0 spiro atoms. The van der Waals surface area contributed by atoms with Gasteiger partial charge < -0.3 is 15.0 Å². The molecule has 1 atom stereocenters. The lowest BCUT2D eigenvalue weighted by Gasteiger charge is -2.32. The summed E-state index contributed by atoms with van der Waals surface area (Å²) in [5.41, 5.74) is 1.82. The molecule has 0 aliphatic carbocycles. The van der Waals surface area contributed by atoms with Crippen molar-refractivity contribution in [1.29, 1.82) is 0 Å². The Bertz CT molecular complexity index is 1940. The van der Waals surface area contributed by atoms with Crippen molar-refractivity contribution < 1.29 is 30.7 Å². The first-order chi connectivity index (χ1) is 20.4. The topological polar surface area (TPSA) is 133 Å². The van der Waals surface area contributed by atoms with Crippen LogP contribution in [0, 0.1) is 0 Å². The molecule has 0 aromatic heterocycles. The lowest BCUT2D eigenvalue weighted by Crippen LogP contribution is -2.28. The maximum Gasteiger partial charge on any atom is 0.266 e. The highest BCUT2D eigenvalue weighted by molar-refractivity contribution is 7.86. The van der Waals surface area contributed by atoms with Gasteiger partial charge in [0.15, 0.2) is 11.6 Å². The van der Waals surface area contributed by atoms with Crippen LogP contribution in [0.4, 0.5) is 11.4 Å². The van der Waals surface area contributed by atoms with E-state index in [1.807, 2.05) is 84.9 Å². The molecule has 3 N–H and O–H groups in total. The minimum absolute atomic E-state index is 0.00904. The SMILES string of the molecule is C=CCC(C)(C/C=C1\Oc2c(ccc3ccccc23)N1CCS(=O)(=O)O)c1c(NCCS(=O)(=O)O)ccc2ccccc12. The van der Waals surface area contributed by atoms with E-state index < -0.39 is 37.2 Å². The van der Waals surface area contributed by atoms with Gasteiger partial charge in [-0.2, -0.15) is 16.8 Å². The summed E-state index contributed by atoms with van der Waals surface area (Å²) in [6, 6.07) is 23.4. The summed E-state index contributed by atoms with van der Waals surface area (Å²) < 4.78 is 71.5. The number of ether oxygens (including phenoxy) is 1. The minimum atomic E-state index is -4.23. The number of fused-ring (bicyclic) bond motifs is 4. The van der Waals surface area contributed by atoms with Gasteiger partial charge in [-0.1, -0.05) is 73.7 Å². The van der Waals surface area contributed by atoms with E-state index >= 15 is 0 Å². The van der Waals surface area contributed by atoms with Crippen molar-refractivity contribution in [1.82, 2.24) is 0 Å². The Hall–Kier alpha value is -3.90. The van der Waals surface area contributed by atoms with Crippen molar-refractivity contribution >= 4 is 53.2 Å². The average Bonchev–Trinajstić information content (AvgIpc) is 3.32. The number of benzene rings is 4. The molecule has 0 amide bonds. The molecular weight excluding hydrogens is 588 g/mol. The van der Waals surface area contributed by atoms with Gasteiger partial charge in [0, 0.05) is 29.6 Å². The first-order valence-corrected chi connectivity index (χ1v) is 17.0. The summed E-state index contributed by atoms with van der Waals surface area (Å²) in [6.07, 6.45) is 4.75. The quantitative estimate of drug-likeness (QED) is 0.126. The number of hydrogen-bond donors (Lipinski definition) is 3. The normalized spacial score (nSPS) is 15.8. The lowest BCUT2D eigenvalue weighted by molar-refractivity contribution is 0.426. The summed E-state index contributed by atoms with van der Waals surface area (Å²) >= 11 is 0. The maximum atomic E-state index is 11.7. The Balaban J connectivity index is 1.58. The van der Waals surface area contributed by atoms with Crippen LogP contribution in [0.5, 0.6) is 5.75 Å². The van der Waals surface area contributed by atoms with Gasteiger partial charge in [0.2, 0.25) is 0 Å². The monoisotopic (exact) mass is 622 g/mol. The Kier molecular flexibility index (Phi) is 8.53. The van der Waals surface area contributed by atoms with E-state index in [9.17, 15) is 25.9 Å². The van der Waals surface area contributed by atoms with Crippen molar-refractivity contribution in [3.8, 4) is 5.75 Å². The third-order valence-corrected chi connectivity index (χ3v) is 9.14. The highest BCUT2D eigenvalue weighted by Crippen LogP contribution is 2.46. The predicted octanol–water partition coefficient (Wildman–Crippen LogP) is 6.14. The molecule has 1 heterocycles. The molecule has 5 rings (SSSR count). The van der Waals surface area contributed by atoms with Crippen molar-refractivity contribution in [2.24, 2.45) is 0 Å². The van der Waals surface area contributed by atoms with Gasteiger partial charge in [-0.15, -0.1) is 6.58 Å². The van der Waals surface area contributed by atoms with Crippen molar-refractivity contribution in [2.45, 2.75) is 25.2 Å². The third-order valence-electron chi connectivity index (χ3n) is 7.73. The molecule has 0 saturated carbocycles. The first kappa shape index (κ1) is 30.6. The Morgan fingerprint density at radius 1 is 0.860 bits per heavy atom. The minimum Gasteiger partial charge on any atom is -0.438 e. The van der Waals surface area contributed by atoms with E-state index in [0.29, 0.717) is 30.2 Å². The van der Waals surface area contributed by atoms with E-state index in [-0.39, 0.29) is 13.1 Å². The second-order valence-corrected chi connectivity index (χ2v) is 14.0. The summed E-state index contributed by atoms with van der Waals surface area (Å²) in [6.45, 7) is 6.10. The molecule has 0 saturated heterocycles. The summed E-state index contributed by atoms with van der Waals surface area (Å²) in [5.74, 6) is 0.147. The predicted molar refractivity (Wildman–Crippen MR) is 172 cm³/mol. The van der Waals surface area contributed by atoms with Gasteiger partial charge in [0.1, 0.15) is 0 Å². The number of nitrogens with one attached hydrogen (secondary N) is 1. The molecule has 4 aromatic carbocycles. The number of anilines is 2. The first-order valence-electron chi connectivity index (χ1n) is 13.8. The maximum absolute atomic E-state index is 11.7. The van der Waals surface area contributed by atoms with E-state index in [4.69, 9.17) is 4.74 Å². The average molecular weight is 623 g/mol. The van der Waals surface area contributed by atoms with Crippen LogP contribution in [0.25, 0.3) is 21.5 Å². The van der Waals surface area contributed by atoms with Crippen molar-refractivity contribution in [3.05, 3.63) is 103 Å². The standard InChI is InChI=1S/C32H34N2O7S2/c1-3-17-32(2,30-25-10-6-4-8-23(25)12-14-27(30)33-19-21-42(35,36)37)18-16-29-34(20-22-43(38,39)40)28-15-13-24-9-5-7-11-26(24)31(28)41-29/h3-16,33H,1,17-22H2,2H3,(H,35,36,37)(H,38,39,40)/b29-16-. The Morgan fingerprint density at radius 2 is 1.49 bits per heavy atom. The van der Waals surface area contributed by atoms with Crippen LogP contribution in [-0.2, 0) is 25.7 Å². The molecule has 226 valence electrons. The molecule has 1 aliphatic heterocycles. The zero-order chi connectivity index (χ0) is 30.8. The fourth-order valence-corrected chi connectivity index (χ4v) is 6.49. The van der Waals surface area contributed by atoms with Crippen molar-refractivity contribution in [3.63, 3.8) is 0 Å². The van der Waals surface area contributed by atoms with Crippen LogP contribution < -0.4 is 15.0 Å². The zero-order valence-corrected chi connectivity index (χ0v) is 25.4. The molecule has 0 radical (unpaired) electrons. The fraction of sp³-hybridized carbons (Fsp3) is 0.250. The summed E-state index contributed by atoms with van der Waals surface area (Å²) in [4.78, 5) is 1.76. The smallest absolute Gasteiger partial charge is 0.266 e. The number of rotatable bonds is 12. The summed E-state index contributed by atoms with van der Waals surface area (Å²) in [5, 5.41) is 7.05. The second-order valence-electron chi connectivity index (χ2n) is 10.9. The highest BCUT2D eigenvalue weighted by atomic mass is 32.2. The molecule has 0 bridgehead atoms. The fourth-order valence-electron chi connectivity index (χ4n) is 5.72. The Labute approximate surface area is 252 Å². The van der Waals surface area contributed by atoms with Crippen LogP contribution in [-0.4, -0.2) is 50.5 Å². The molecule has 0 fully saturated rings. The van der Waals surface area contributed by atoms with Gasteiger partial charge in [0.25, 0.3) is 20.2 Å². The van der Waals surface area contributed by atoms with E-state index in [1.54, 1.807) is 4.90 Å². The van der Waals surface area contributed by atoms with E-state index in [1.165, 1.54) is 0 Å². The van der Waals surface area contributed by atoms with Gasteiger partial charge in [-0.05, 0) is 52.8 Å². The van der Waals surface area contributed by atoms with Crippen molar-refractivity contribution in [2.75, 3.05) is 34.8 Å². The van der Waals surface area contributed by atoms with E-state index in [2.05, 4.69) is 18.8 Å². The third kappa shape index (κ3) is 6.86. The molecule has 4 aromatic rings. The number of hydrogen-bond acceptors (Lipinski definition) is 7. The van der Waals surface area contributed by atoms with Crippen LogP contribution >= 0.6 is 0 Å². The van der Waals surface area contributed by atoms with Gasteiger partial charge in [0.05, 0.1) is 17.2 Å². The zero-order valence-electron chi connectivity index (χ0n) is 23.7. The molecule has 9 nitrogen and oxygen atoms in total. The lowest BCUT2D eigenvalue weighted by atomic mass is 9.74. The van der Waals surface area contributed by atoms with Gasteiger partial charge in [-0.25, -0.2) is 0 Å². The number of nitrogens with zero attached hydrogens (tertiary/aromatic N) is 1. The van der Waals surface area contributed by atoms with Crippen LogP contribution in [0.2, 0.25) is 0 Å². The second kappa shape index (κ2) is 12.0. The molecule has 11 heteroatoms. The van der Waals surface area contributed by atoms with Gasteiger partial charge >= 0.3 is 0 Å². The van der Waals surface area contributed by atoms with Crippen LogP contribution in [0.15, 0.2) is 97.4 Å². The summed E-state index contributed by atoms with van der Waals surface area (Å²) in [7, 11) is -8.38. The molecule has 43 heavy (non-hydrogen) atoms. The molecular formula is C32H34N2O7S2. The van der Waals surface area contributed by atoms with Crippen LogP contribution in [0.1, 0.15) is 25.3 Å². The highest BCUT2D eigenvalue weighted by Gasteiger charge is 2.33. The van der Waals surface area contributed by atoms with E-state index in [0.717, 1.165) is 32.8 Å². The Morgan fingerprint density at radius 3 is 2.16 bits per heavy atom. The number of allylic oxidation sites excluding steroid dienone is 2. The molecule has 1 aliphatic rings. The molecule has 1 unspecified atom stereocenters.